The molecule has 6 heavy (non-hydrogen) atoms. The third-order valence-corrected chi connectivity index (χ3v) is 0. The third kappa shape index (κ3) is 83.2. The van der Waals surface area contributed by atoms with E-state index >= 15 is 0 Å². The highest BCUT2D eigenvalue weighted by atomic mass is 32.1. The highest BCUT2D eigenvalue weighted by Gasteiger charge is 1.54. The first-order valence-corrected chi connectivity index (χ1v) is 1.65. The van der Waals surface area contributed by atoms with Gasteiger partial charge in [-0.05, 0) is 6.92 Å². The fourth-order valence-corrected chi connectivity index (χ4v) is 0. The number of nitrogens with two attached hydrogens (primary N) is 1. The van der Waals surface area contributed by atoms with Crippen molar-refractivity contribution in [3.05, 3.63) is 0 Å². The first-order chi connectivity index (χ1) is 2.73. The van der Waals surface area contributed by atoms with Gasteiger partial charge in [-0.1, -0.05) is 12.2 Å². The van der Waals surface area contributed by atoms with Crippen molar-refractivity contribution in [2.75, 3.05) is 0 Å². The van der Waals surface area contributed by atoms with Crippen LogP contribution in [0.5, 0.6) is 0 Å². The van der Waals surface area contributed by atoms with Crippen LogP contribution in [0, 0.1) is 11.1 Å². The molecule has 0 atom stereocenters. The Labute approximate surface area is 41.8 Å². The smallest absolute Gasteiger partial charge is 0.0695 e. The molecule has 0 aliphatic carbocycles. The van der Waals surface area contributed by atoms with E-state index in [0.717, 1.165) is 0 Å². The van der Waals surface area contributed by atoms with E-state index in [1.54, 1.807) is 6.92 Å². The second kappa shape index (κ2) is 8.82. The molecule has 0 radical (unpaired) electrons. The molecule has 0 aromatic heterocycles. The molecule has 4 N–H and O–H groups in total. The maximum atomic E-state index is 5.00. The van der Waals surface area contributed by atoms with Gasteiger partial charge in [-0.3, -0.25) is 0 Å². The van der Waals surface area contributed by atoms with Crippen LogP contribution in [0.1, 0.15) is 6.92 Å². The lowest BCUT2D eigenvalue weighted by Crippen LogP contribution is -1.98. The summed E-state index contributed by atoms with van der Waals surface area (Å²) in [6.45, 7) is 1.68. The molecule has 3 nitrogen and oxygen atoms in total. The quantitative estimate of drug-likeness (QED) is 0.316. The molecular weight excluding hydrogens is 98.1 g/mol. The van der Waals surface area contributed by atoms with Crippen molar-refractivity contribution in [2.45, 2.75) is 6.92 Å². The van der Waals surface area contributed by atoms with Gasteiger partial charge in [-0.2, -0.15) is 0 Å². The maximum Gasteiger partial charge on any atom is 0.0695 e. The highest BCUT2D eigenvalue weighted by molar-refractivity contribution is 7.80. The Morgan fingerprint density at radius 3 is 1.67 bits per heavy atom. The van der Waals surface area contributed by atoms with Crippen molar-refractivity contribution < 1.29 is 0 Å². The molecule has 0 saturated carbocycles. The molecule has 0 unspecified atom stereocenters. The lowest BCUT2D eigenvalue weighted by Gasteiger charge is -1.65. The summed E-state index contributed by atoms with van der Waals surface area (Å²) in [5, 5.41) is 0. The standard InChI is InChI=1S/C2H5NS.H2N2/c1-2(3)4;1-2/h1H3,(H2,3,4);1-2H. The van der Waals surface area contributed by atoms with Crippen molar-refractivity contribution in [3.63, 3.8) is 0 Å². The van der Waals surface area contributed by atoms with E-state index in [1.807, 2.05) is 0 Å². The zero-order valence-electron chi connectivity index (χ0n) is 3.49. The molecule has 0 saturated heterocycles. The molecule has 0 aromatic rings. The van der Waals surface area contributed by atoms with Gasteiger partial charge >= 0.3 is 0 Å². The van der Waals surface area contributed by atoms with Crippen LogP contribution in [-0.2, 0) is 0 Å². The molecule has 4 heteroatoms. The zero-order chi connectivity index (χ0) is 5.58. The van der Waals surface area contributed by atoms with E-state index in [2.05, 4.69) is 12.2 Å². The van der Waals surface area contributed by atoms with Gasteiger partial charge in [0, 0.05) is 0 Å². The fourth-order valence-electron chi connectivity index (χ4n) is 0. The van der Waals surface area contributed by atoms with Gasteiger partial charge in [-0.25, -0.2) is 11.1 Å². The minimum atomic E-state index is 0.500. The van der Waals surface area contributed by atoms with Gasteiger partial charge in [-0.15, -0.1) is 0 Å². The predicted molar refractivity (Wildman–Crippen MR) is 27.9 cm³/mol. The van der Waals surface area contributed by atoms with Crippen LogP contribution in [0.2, 0.25) is 0 Å². The summed E-state index contributed by atoms with van der Waals surface area (Å²) in [7, 11) is 0. The second-order valence-electron chi connectivity index (χ2n) is 0.611. The van der Waals surface area contributed by atoms with Crippen LogP contribution >= 0.6 is 12.2 Å². The van der Waals surface area contributed by atoms with Crippen molar-refractivity contribution in [2.24, 2.45) is 5.73 Å². The van der Waals surface area contributed by atoms with Crippen molar-refractivity contribution in [1.29, 1.82) is 11.1 Å². The Balaban J connectivity index is 0. The topological polar surface area (TPSA) is 73.7 Å². The molecule has 0 amide bonds. The first kappa shape index (κ1) is 9.09. The van der Waals surface area contributed by atoms with Crippen LogP contribution in [0.3, 0.4) is 0 Å². The van der Waals surface area contributed by atoms with Crippen LogP contribution < -0.4 is 5.73 Å². The lowest BCUT2D eigenvalue weighted by atomic mass is 10.8. The average molecular weight is 105 g/mol. The molecule has 0 fully saturated rings. The summed E-state index contributed by atoms with van der Waals surface area (Å²) in [5.41, 5.74) is 14.8. The molecule has 0 aromatic carbocycles. The van der Waals surface area contributed by atoms with Gasteiger partial charge in [0.15, 0.2) is 0 Å². The minimum absolute atomic E-state index is 0.500. The van der Waals surface area contributed by atoms with Gasteiger partial charge in [0.25, 0.3) is 0 Å². The number of thiocarbonyl (C=S) groups is 1. The van der Waals surface area contributed by atoms with E-state index in [1.165, 1.54) is 0 Å². The van der Waals surface area contributed by atoms with E-state index in [0.29, 0.717) is 4.99 Å². The first-order valence-electron chi connectivity index (χ1n) is 1.24. The normalized spacial score (nSPS) is 4.83. The van der Waals surface area contributed by atoms with Crippen molar-refractivity contribution in [3.8, 4) is 0 Å². The monoisotopic (exact) mass is 105 g/mol. The lowest BCUT2D eigenvalue weighted by molar-refractivity contribution is 1.05. The van der Waals surface area contributed by atoms with E-state index < -0.39 is 0 Å². The molecule has 0 spiro atoms. The molecular formula is C2H7N3S. The van der Waals surface area contributed by atoms with Gasteiger partial charge in [0.05, 0.1) is 4.99 Å². The van der Waals surface area contributed by atoms with Crippen LogP contribution in [0.25, 0.3) is 0 Å². The van der Waals surface area contributed by atoms with Crippen LogP contribution in [0.15, 0.2) is 0 Å². The summed E-state index contributed by atoms with van der Waals surface area (Å²) in [5.74, 6) is 0. The van der Waals surface area contributed by atoms with E-state index in [4.69, 9.17) is 16.8 Å². The predicted octanol–water partition coefficient (Wildman–Crippen LogP) is 0.889. The summed E-state index contributed by atoms with van der Waals surface area (Å²) in [4.78, 5) is 0.500. The Morgan fingerprint density at radius 2 is 1.67 bits per heavy atom. The third-order valence-electron chi connectivity index (χ3n) is 0. The number of hydrogen-bond acceptors (Lipinski definition) is 3. The van der Waals surface area contributed by atoms with Crippen LogP contribution in [-0.4, -0.2) is 4.99 Å². The SMILES string of the molecule is CC(N)=S.N=N. The molecule has 0 rings (SSSR count). The van der Waals surface area contributed by atoms with Crippen molar-refractivity contribution in [1.82, 2.24) is 0 Å². The highest BCUT2D eigenvalue weighted by Crippen LogP contribution is 1.48. The molecule has 0 heterocycles. The van der Waals surface area contributed by atoms with Crippen molar-refractivity contribution >= 4 is 17.2 Å². The average Bonchev–Trinajstić information content (AvgIpc) is 1.41. The summed E-state index contributed by atoms with van der Waals surface area (Å²) >= 11 is 4.31. The Morgan fingerprint density at radius 1 is 1.67 bits per heavy atom. The summed E-state index contributed by atoms with van der Waals surface area (Å²) < 4.78 is 0. The van der Waals surface area contributed by atoms with Crippen LogP contribution in [0.4, 0.5) is 0 Å². The fraction of sp³-hybridized carbons (Fsp3) is 0.500. The Bertz CT molecular complexity index is 40.1. The molecule has 36 valence electrons. The summed E-state index contributed by atoms with van der Waals surface area (Å²) in [6.07, 6.45) is 0. The Kier molecular flexibility index (Phi) is 13.4. The Hall–Kier alpha value is -0.510. The number of hydrogen-bond donors (Lipinski definition) is 3. The largest absolute Gasteiger partial charge is 0.394 e. The minimum Gasteiger partial charge on any atom is -0.394 e. The molecule has 0 aliphatic heterocycles. The maximum absolute atomic E-state index is 5.00. The number of nitrogens with one attached hydrogen (secondary N) is 2. The van der Waals surface area contributed by atoms with Gasteiger partial charge in [0.2, 0.25) is 0 Å². The molecule has 0 aliphatic rings. The second-order valence-corrected chi connectivity index (χ2v) is 1.25. The van der Waals surface area contributed by atoms with Gasteiger partial charge < -0.3 is 5.73 Å². The van der Waals surface area contributed by atoms with Gasteiger partial charge in [0.1, 0.15) is 0 Å². The number of rotatable bonds is 0. The van der Waals surface area contributed by atoms with E-state index in [9.17, 15) is 0 Å². The molecule has 0 bridgehead atoms. The van der Waals surface area contributed by atoms with E-state index in [-0.39, 0.29) is 0 Å². The zero-order valence-corrected chi connectivity index (χ0v) is 4.30. The summed E-state index contributed by atoms with van der Waals surface area (Å²) in [6, 6.07) is 0.